The number of anilines is 3. The van der Waals surface area contributed by atoms with Gasteiger partial charge in [0.25, 0.3) is 0 Å². The van der Waals surface area contributed by atoms with E-state index in [9.17, 15) is 4.79 Å². The average molecular weight is 357 g/mol. The topological polar surface area (TPSA) is 70.1 Å². The zero-order chi connectivity index (χ0) is 18.5. The number of nitrogens with one attached hydrogen (secondary N) is 2. The third-order valence-electron chi connectivity index (χ3n) is 4.32. The summed E-state index contributed by atoms with van der Waals surface area (Å²) in [6, 6.07) is 15.2. The lowest BCUT2D eigenvalue weighted by Crippen LogP contribution is -2.32. The molecule has 0 spiro atoms. The highest BCUT2D eigenvalue weighted by atomic mass is 16.2. The van der Waals surface area contributed by atoms with Gasteiger partial charge in [0.1, 0.15) is 5.82 Å². The van der Waals surface area contributed by atoms with Crippen molar-refractivity contribution in [1.82, 2.24) is 9.97 Å². The summed E-state index contributed by atoms with van der Waals surface area (Å²) in [5.41, 5.74) is 3.74. The minimum atomic E-state index is -0.224. The highest BCUT2D eigenvalue weighted by Gasteiger charge is 2.19. The van der Waals surface area contributed by atoms with Gasteiger partial charge in [-0.05, 0) is 47.9 Å². The van der Waals surface area contributed by atoms with E-state index >= 15 is 0 Å². The number of carbonyl (C=O) groups excluding carboxylic acids is 1. The Kier molecular flexibility index (Phi) is 4.78. The first-order valence-electron chi connectivity index (χ1n) is 8.74. The van der Waals surface area contributed by atoms with Crippen molar-refractivity contribution in [2.75, 3.05) is 15.5 Å². The summed E-state index contributed by atoms with van der Waals surface area (Å²) in [6.07, 6.45) is 9.80. The van der Waals surface area contributed by atoms with Gasteiger partial charge in [-0.25, -0.2) is 9.78 Å². The van der Waals surface area contributed by atoms with Crippen molar-refractivity contribution in [3.63, 3.8) is 0 Å². The highest BCUT2D eigenvalue weighted by molar-refractivity contribution is 6.05. The Morgan fingerprint density at radius 2 is 1.89 bits per heavy atom. The second-order valence-corrected chi connectivity index (χ2v) is 6.13. The molecule has 0 unspecified atom stereocenters. The summed E-state index contributed by atoms with van der Waals surface area (Å²) in [5.74, 6) is 0.622. The minimum Gasteiger partial charge on any atom is -0.364 e. The highest BCUT2D eigenvalue weighted by Crippen LogP contribution is 2.27. The number of urea groups is 1. The molecule has 1 aromatic carbocycles. The number of aromatic nitrogens is 2. The maximum Gasteiger partial charge on any atom is 0.330 e. The third kappa shape index (κ3) is 3.79. The predicted molar refractivity (Wildman–Crippen MR) is 107 cm³/mol. The second kappa shape index (κ2) is 7.70. The van der Waals surface area contributed by atoms with Gasteiger partial charge < -0.3 is 10.6 Å². The summed E-state index contributed by atoms with van der Waals surface area (Å²) < 4.78 is 0. The largest absolute Gasteiger partial charge is 0.364 e. The number of rotatable bonds is 4. The number of allylic oxidation sites excluding steroid dienone is 1. The molecule has 27 heavy (non-hydrogen) atoms. The van der Waals surface area contributed by atoms with Crippen molar-refractivity contribution in [2.45, 2.75) is 13.0 Å². The molecule has 0 aliphatic carbocycles. The molecular weight excluding hydrogens is 338 g/mol. The van der Waals surface area contributed by atoms with Crippen molar-refractivity contribution in [3.05, 3.63) is 90.5 Å². The van der Waals surface area contributed by atoms with Crippen LogP contribution in [0.2, 0.25) is 0 Å². The summed E-state index contributed by atoms with van der Waals surface area (Å²) in [6.45, 7) is 0.592. The van der Waals surface area contributed by atoms with Gasteiger partial charge in [-0.2, -0.15) is 0 Å². The Hall–Kier alpha value is -3.67. The first-order chi connectivity index (χ1) is 13.3. The van der Waals surface area contributed by atoms with Gasteiger partial charge in [-0.3, -0.25) is 9.88 Å². The molecule has 0 atom stereocenters. The predicted octanol–water partition coefficient (Wildman–Crippen LogP) is 4.20. The van der Waals surface area contributed by atoms with Crippen LogP contribution in [0.4, 0.5) is 22.0 Å². The number of para-hydroxylation sites is 1. The number of pyridine rings is 2. The van der Waals surface area contributed by atoms with Crippen molar-refractivity contribution in [3.8, 4) is 0 Å². The molecule has 3 aromatic rings. The normalized spacial score (nSPS) is 12.4. The van der Waals surface area contributed by atoms with Crippen molar-refractivity contribution in [2.24, 2.45) is 0 Å². The number of fused-ring (bicyclic) bond motifs is 1. The Labute approximate surface area is 157 Å². The quantitative estimate of drug-likeness (QED) is 0.734. The van der Waals surface area contributed by atoms with E-state index in [1.165, 1.54) is 0 Å². The van der Waals surface area contributed by atoms with E-state index in [1.54, 1.807) is 35.8 Å². The first kappa shape index (κ1) is 16.8. The molecule has 0 fully saturated rings. The fraction of sp³-hybridized carbons (Fsp3) is 0.0952. The number of carbonyl (C=O) groups is 1. The fourth-order valence-corrected chi connectivity index (χ4v) is 2.97. The Morgan fingerprint density at radius 3 is 2.78 bits per heavy atom. The summed E-state index contributed by atoms with van der Waals surface area (Å²) in [5, 5.41) is 6.22. The minimum absolute atomic E-state index is 0.224. The van der Waals surface area contributed by atoms with Gasteiger partial charge in [-0.15, -0.1) is 0 Å². The molecule has 2 aromatic heterocycles. The van der Waals surface area contributed by atoms with Crippen LogP contribution in [0.5, 0.6) is 0 Å². The maximum absolute atomic E-state index is 12.9. The molecule has 3 heterocycles. The molecule has 2 N–H and O–H groups in total. The lowest BCUT2D eigenvalue weighted by Gasteiger charge is -2.25. The zero-order valence-corrected chi connectivity index (χ0v) is 14.7. The zero-order valence-electron chi connectivity index (χ0n) is 14.7. The van der Waals surface area contributed by atoms with Crippen molar-refractivity contribution >= 4 is 23.2 Å². The molecular formula is C21H19N5O. The number of hydrogen-bond acceptors (Lipinski definition) is 4. The Morgan fingerprint density at radius 1 is 1.04 bits per heavy atom. The third-order valence-corrected chi connectivity index (χ3v) is 4.32. The first-order valence-corrected chi connectivity index (χ1v) is 8.74. The van der Waals surface area contributed by atoms with Crippen LogP contribution in [0.15, 0.2) is 79.4 Å². The van der Waals surface area contributed by atoms with Crippen LogP contribution in [-0.4, -0.2) is 16.0 Å². The van der Waals surface area contributed by atoms with Crippen LogP contribution in [-0.2, 0) is 13.0 Å². The summed E-state index contributed by atoms with van der Waals surface area (Å²) >= 11 is 0. The van der Waals surface area contributed by atoms with Crippen LogP contribution in [0.25, 0.3) is 0 Å². The molecule has 6 heteroatoms. The molecule has 0 radical (unpaired) electrons. The summed E-state index contributed by atoms with van der Waals surface area (Å²) in [7, 11) is 0. The number of nitrogens with zero attached hydrogens (tertiary/aromatic N) is 3. The van der Waals surface area contributed by atoms with Crippen LogP contribution >= 0.6 is 0 Å². The van der Waals surface area contributed by atoms with E-state index in [0.717, 1.165) is 23.2 Å². The molecule has 0 saturated carbocycles. The molecule has 1 aliphatic heterocycles. The second-order valence-electron chi connectivity index (χ2n) is 6.13. The van der Waals surface area contributed by atoms with Crippen molar-refractivity contribution < 1.29 is 4.79 Å². The van der Waals surface area contributed by atoms with Gasteiger partial charge in [0.2, 0.25) is 0 Å². The lowest BCUT2D eigenvalue weighted by molar-refractivity contribution is 0.258. The van der Waals surface area contributed by atoms with Gasteiger partial charge in [0, 0.05) is 31.3 Å². The average Bonchev–Trinajstić information content (AvgIpc) is 2.73. The van der Waals surface area contributed by atoms with E-state index in [0.29, 0.717) is 18.1 Å². The SMILES string of the molecule is O=C(Nc1cccnc1NCc1ccncc1)N1C=CCc2ccccc21. The molecule has 134 valence electrons. The monoisotopic (exact) mass is 357 g/mol. The smallest absolute Gasteiger partial charge is 0.330 e. The van der Waals surface area contributed by atoms with E-state index in [4.69, 9.17) is 0 Å². The molecule has 2 amide bonds. The van der Waals surface area contributed by atoms with E-state index in [1.807, 2.05) is 48.5 Å². The Bertz CT molecular complexity index is 971. The van der Waals surface area contributed by atoms with Crippen molar-refractivity contribution in [1.29, 1.82) is 0 Å². The van der Waals surface area contributed by atoms with Gasteiger partial charge >= 0.3 is 6.03 Å². The van der Waals surface area contributed by atoms with Gasteiger partial charge in [-0.1, -0.05) is 24.3 Å². The number of benzene rings is 1. The van der Waals surface area contributed by atoms with Crippen LogP contribution in [0.1, 0.15) is 11.1 Å². The Balaban J connectivity index is 1.50. The standard InChI is InChI=1S/C21H19N5O/c27-21(26-14-4-6-17-5-1-2-8-19(17)26)25-18-7-3-11-23-20(18)24-15-16-9-12-22-13-10-16/h1-5,7-14H,6,15H2,(H,23,24)(H,25,27). The van der Waals surface area contributed by atoms with Gasteiger partial charge in [0.15, 0.2) is 0 Å². The summed E-state index contributed by atoms with van der Waals surface area (Å²) in [4.78, 5) is 22.9. The van der Waals surface area contributed by atoms with Crippen LogP contribution < -0.4 is 15.5 Å². The molecule has 0 bridgehead atoms. The van der Waals surface area contributed by atoms with E-state index in [-0.39, 0.29) is 6.03 Å². The molecule has 6 nitrogen and oxygen atoms in total. The number of amides is 2. The lowest BCUT2D eigenvalue weighted by atomic mass is 10.1. The maximum atomic E-state index is 12.9. The van der Waals surface area contributed by atoms with E-state index in [2.05, 4.69) is 20.6 Å². The van der Waals surface area contributed by atoms with Gasteiger partial charge in [0.05, 0.1) is 11.4 Å². The fourth-order valence-electron chi connectivity index (χ4n) is 2.97. The molecule has 4 rings (SSSR count). The molecule has 0 saturated heterocycles. The van der Waals surface area contributed by atoms with E-state index < -0.39 is 0 Å². The molecule has 1 aliphatic rings. The number of hydrogen-bond donors (Lipinski definition) is 2. The van der Waals surface area contributed by atoms with Crippen LogP contribution in [0, 0.1) is 0 Å². The van der Waals surface area contributed by atoms with Crippen LogP contribution in [0.3, 0.4) is 0 Å².